The average Bonchev–Trinajstić information content (AvgIpc) is 3.09. The summed E-state index contributed by atoms with van der Waals surface area (Å²) in [5, 5.41) is 0. The summed E-state index contributed by atoms with van der Waals surface area (Å²) in [5.41, 5.74) is 9.16. The number of fused-ring (bicyclic) bond motifs is 1. The first-order valence-electron chi connectivity index (χ1n) is 10.6. The molecule has 2 atom stereocenters. The Labute approximate surface area is 166 Å². The molecule has 1 aromatic carbocycles. The molecular formula is C26H33B. The Morgan fingerprint density at radius 1 is 1.07 bits per heavy atom. The van der Waals surface area contributed by atoms with Crippen LogP contribution < -0.4 is 0 Å². The number of rotatable bonds is 3. The minimum absolute atomic E-state index is 0.458. The van der Waals surface area contributed by atoms with Crippen molar-refractivity contribution in [2.45, 2.75) is 52.8 Å². The molecule has 3 rings (SSSR count). The van der Waals surface area contributed by atoms with E-state index in [1.807, 2.05) is 0 Å². The van der Waals surface area contributed by atoms with E-state index < -0.39 is 0 Å². The van der Waals surface area contributed by atoms with Crippen molar-refractivity contribution in [2.24, 2.45) is 11.8 Å². The molecule has 2 aliphatic carbocycles. The van der Waals surface area contributed by atoms with Gasteiger partial charge in [0.05, 0.1) is 0 Å². The van der Waals surface area contributed by atoms with Gasteiger partial charge in [0, 0.05) is 0 Å². The number of aryl methyl sites for hydroxylation is 1. The SMILES string of the molecule is BC/C=C\Cc1ccc2c(c1)CC/C2=C1\C(=C/C)CC(C)/C=C\C=C/C1C. The first-order valence-corrected chi connectivity index (χ1v) is 10.6. The molecular weight excluding hydrogens is 323 g/mol. The standard InChI is InChI=1S/C26H33B/c1-4-22-17-19(2)9-5-6-10-20(3)26(22)25-15-13-23-18-21(11-7-8-16-27)12-14-24(23)25/h4-10,12,14,18-20H,11,13,15-17,27H2,1-3H3/b8-7-,9-5-,10-6-,22-4-,26-25+. The second-order valence-electron chi connectivity index (χ2n) is 8.02. The van der Waals surface area contributed by atoms with Gasteiger partial charge in [-0.1, -0.05) is 80.9 Å². The molecule has 0 saturated carbocycles. The van der Waals surface area contributed by atoms with Gasteiger partial charge in [-0.3, -0.25) is 0 Å². The molecule has 1 heteroatoms. The Bertz CT molecular complexity index is 817. The van der Waals surface area contributed by atoms with Crippen LogP contribution in [0.25, 0.3) is 5.57 Å². The van der Waals surface area contributed by atoms with E-state index in [1.54, 1.807) is 11.1 Å². The highest BCUT2D eigenvalue weighted by atomic mass is 14.3. The van der Waals surface area contributed by atoms with Crippen LogP contribution in [0.2, 0.25) is 6.32 Å². The Morgan fingerprint density at radius 3 is 2.67 bits per heavy atom. The van der Waals surface area contributed by atoms with Crippen LogP contribution in [0, 0.1) is 11.8 Å². The molecule has 2 aliphatic rings. The van der Waals surface area contributed by atoms with E-state index in [0.29, 0.717) is 11.8 Å². The minimum Gasteiger partial charge on any atom is -0.0961 e. The van der Waals surface area contributed by atoms with E-state index in [1.165, 1.54) is 35.1 Å². The van der Waals surface area contributed by atoms with Crippen molar-refractivity contribution in [2.75, 3.05) is 0 Å². The van der Waals surface area contributed by atoms with Crippen molar-refractivity contribution in [1.29, 1.82) is 0 Å². The van der Waals surface area contributed by atoms with E-state index in [-0.39, 0.29) is 0 Å². The third-order valence-electron chi connectivity index (χ3n) is 5.86. The van der Waals surface area contributed by atoms with Crippen molar-refractivity contribution in [3.63, 3.8) is 0 Å². The number of allylic oxidation sites excluding steroid dienone is 10. The molecule has 140 valence electrons. The Morgan fingerprint density at radius 2 is 1.89 bits per heavy atom. The van der Waals surface area contributed by atoms with Gasteiger partial charge in [0.15, 0.2) is 0 Å². The maximum absolute atomic E-state index is 2.44. The highest BCUT2D eigenvalue weighted by Crippen LogP contribution is 2.41. The second kappa shape index (κ2) is 9.26. The zero-order chi connectivity index (χ0) is 19.2. The van der Waals surface area contributed by atoms with Gasteiger partial charge in [0.1, 0.15) is 7.85 Å². The summed E-state index contributed by atoms with van der Waals surface area (Å²) in [6.45, 7) is 6.89. The number of benzene rings is 1. The second-order valence-corrected chi connectivity index (χ2v) is 8.02. The summed E-state index contributed by atoms with van der Waals surface area (Å²) in [6.07, 6.45) is 21.7. The van der Waals surface area contributed by atoms with Crippen molar-refractivity contribution in [3.05, 3.63) is 88.6 Å². The van der Waals surface area contributed by atoms with Crippen LogP contribution in [0.15, 0.2) is 71.9 Å². The quantitative estimate of drug-likeness (QED) is 0.442. The van der Waals surface area contributed by atoms with Crippen LogP contribution in [0.1, 0.15) is 50.3 Å². The molecule has 1 aromatic rings. The molecule has 0 bridgehead atoms. The Kier molecular flexibility index (Phi) is 6.77. The van der Waals surface area contributed by atoms with E-state index in [4.69, 9.17) is 0 Å². The molecule has 0 aromatic heterocycles. The summed E-state index contributed by atoms with van der Waals surface area (Å²) < 4.78 is 0. The minimum atomic E-state index is 0.458. The van der Waals surface area contributed by atoms with Gasteiger partial charge in [-0.2, -0.15) is 0 Å². The molecule has 27 heavy (non-hydrogen) atoms. The lowest BCUT2D eigenvalue weighted by Crippen LogP contribution is -2.05. The van der Waals surface area contributed by atoms with E-state index in [0.717, 1.165) is 19.2 Å². The maximum Gasteiger partial charge on any atom is 0.106 e. The third kappa shape index (κ3) is 4.64. The van der Waals surface area contributed by atoms with Gasteiger partial charge >= 0.3 is 0 Å². The highest BCUT2D eigenvalue weighted by Gasteiger charge is 2.24. The number of hydrogen-bond acceptors (Lipinski definition) is 0. The van der Waals surface area contributed by atoms with Crippen molar-refractivity contribution in [1.82, 2.24) is 0 Å². The molecule has 0 radical (unpaired) electrons. The molecule has 0 spiro atoms. The zero-order valence-electron chi connectivity index (χ0n) is 17.5. The first-order chi connectivity index (χ1) is 13.1. The lowest BCUT2D eigenvalue weighted by Gasteiger charge is -2.21. The predicted octanol–water partition coefficient (Wildman–Crippen LogP) is 6.27. The van der Waals surface area contributed by atoms with Gasteiger partial charge in [-0.25, -0.2) is 0 Å². The van der Waals surface area contributed by atoms with Crippen LogP contribution in [0.3, 0.4) is 0 Å². The summed E-state index contributed by atoms with van der Waals surface area (Å²) in [6, 6.07) is 7.16. The normalized spacial score (nSPS) is 29.4. The summed E-state index contributed by atoms with van der Waals surface area (Å²) >= 11 is 0. The Hall–Kier alpha value is -2.02. The van der Waals surface area contributed by atoms with Crippen molar-refractivity contribution < 1.29 is 0 Å². The summed E-state index contributed by atoms with van der Waals surface area (Å²) in [5.74, 6) is 1.04. The van der Waals surface area contributed by atoms with Crippen LogP contribution in [-0.4, -0.2) is 7.85 Å². The fraction of sp³-hybridized carbons (Fsp3) is 0.385. The van der Waals surface area contributed by atoms with Crippen LogP contribution >= 0.6 is 0 Å². The van der Waals surface area contributed by atoms with Crippen molar-refractivity contribution >= 4 is 13.4 Å². The molecule has 0 saturated heterocycles. The average molecular weight is 356 g/mol. The van der Waals surface area contributed by atoms with E-state index in [2.05, 4.69) is 89.3 Å². The van der Waals surface area contributed by atoms with Gasteiger partial charge in [-0.05, 0) is 77.9 Å². The van der Waals surface area contributed by atoms with Crippen LogP contribution in [-0.2, 0) is 12.8 Å². The molecule has 0 N–H and O–H groups in total. The lowest BCUT2D eigenvalue weighted by atomic mass is 9.83. The van der Waals surface area contributed by atoms with E-state index in [9.17, 15) is 0 Å². The lowest BCUT2D eigenvalue weighted by molar-refractivity contribution is 0.705. The molecule has 0 aliphatic heterocycles. The molecule has 0 fully saturated rings. The van der Waals surface area contributed by atoms with Crippen molar-refractivity contribution in [3.8, 4) is 0 Å². The number of hydrogen-bond donors (Lipinski definition) is 0. The molecule has 0 amide bonds. The fourth-order valence-electron chi connectivity index (χ4n) is 4.48. The van der Waals surface area contributed by atoms with Crippen LogP contribution in [0.5, 0.6) is 0 Å². The Balaban J connectivity index is 2.01. The fourth-order valence-corrected chi connectivity index (χ4v) is 4.48. The maximum atomic E-state index is 2.44. The first kappa shape index (κ1) is 19.7. The largest absolute Gasteiger partial charge is 0.106 e. The van der Waals surface area contributed by atoms with Gasteiger partial charge in [-0.15, -0.1) is 0 Å². The highest BCUT2D eigenvalue weighted by molar-refractivity contribution is 6.09. The molecule has 0 heterocycles. The van der Waals surface area contributed by atoms with Gasteiger partial charge < -0.3 is 0 Å². The zero-order valence-corrected chi connectivity index (χ0v) is 17.5. The molecule has 0 nitrogen and oxygen atoms in total. The monoisotopic (exact) mass is 356 g/mol. The van der Waals surface area contributed by atoms with Gasteiger partial charge in [0.25, 0.3) is 0 Å². The summed E-state index contributed by atoms with van der Waals surface area (Å²) in [7, 11) is 2.19. The van der Waals surface area contributed by atoms with Crippen LogP contribution in [0.4, 0.5) is 0 Å². The molecule has 2 unspecified atom stereocenters. The predicted molar refractivity (Wildman–Crippen MR) is 123 cm³/mol. The smallest absolute Gasteiger partial charge is 0.0961 e. The third-order valence-corrected chi connectivity index (χ3v) is 5.86. The topological polar surface area (TPSA) is 0 Å². The summed E-state index contributed by atoms with van der Waals surface area (Å²) in [4.78, 5) is 0. The van der Waals surface area contributed by atoms with Gasteiger partial charge in [0.2, 0.25) is 0 Å². The van der Waals surface area contributed by atoms with E-state index >= 15 is 0 Å².